The summed E-state index contributed by atoms with van der Waals surface area (Å²) < 4.78 is 0. The second-order valence-electron chi connectivity index (χ2n) is 6.38. The molecule has 4 rings (SSSR count). The predicted molar refractivity (Wildman–Crippen MR) is 81.2 cm³/mol. The van der Waals surface area contributed by atoms with Crippen LogP contribution >= 0.6 is 0 Å². The number of benzene rings is 1. The number of carbonyl (C=O) groups excluding carboxylic acids is 1. The highest BCUT2D eigenvalue weighted by atomic mass is 16.3. The molecule has 0 saturated carbocycles. The highest BCUT2D eigenvalue weighted by Crippen LogP contribution is 2.32. The first-order chi connectivity index (χ1) is 10.7. The largest absolute Gasteiger partial charge is 0.379 e. The first-order valence-corrected chi connectivity index (χ1v) is 7.78. The van der Waals surface area contributed by atoms with E-state index < -0.39 is 5.60 Å². The van der Waals surface area contributed by atoms with Crippen molar-refractivity contribution in [1.82, 2.24) is 15.5 Å². The van der Waals surface area contributed by atoms with E-state index in [0.29, 0.717) is 12.8 Å². The third-order valence-corrected chi connectivity index (χ3v) is 4.85. The van der Waals surface area contributed by atoms with E-state index in [9.17, 15) is 9.90 Å². The van der Waals surface area contributed by atoms with E-state index in [-0.39, 0.29) is 11.9 Å². The van der Waals surface area contributed by atoms with Crippen molar-refractivity contribution in [3.63, 3.8) is 0 Å². The normalized spacial score (nSPS) is 22.0. The van der Waals surface area contributed by atoms with Crippen LogP contribution in [0.25, 0.3) is 0 Å². The molecule has 2 aromatic rings. The molecule has 5 heteroatoms. The Kier molecular flexibility index (Phi) is 3.04. The Morgan fingerprint density at radius 1 is 1.27 bits per heavy atom. The van der Waals surface area contributed by atoms with Crippen LogP contribution in [-0.4, -0.2) is 26.8 Å². The van der Waals surface area contributed by atoms with Crippen LogP contribution in [0.15, 0.2) is 30.5 Å². The van der Waals surface area contributed by atoms with Crippen LogP contribution in [0.1, 0.15) is 41.3 Å². The van der Waals surface area contributed by atoms with Crippen LogP contribution in [0, 0.1) is 0 Å². The lowest BCUT2D eigenvalue weighted by molar-refractivity contribution is -0.139. The summed E-state index contributed by atoms with van der Waals surface area (Å²) in [6.07, 6.45) is 5.50. The van der Waals surface area contributed by atoms with E-state index in [1.807, 2.05) is 30.5 Å². The molecule has 1 amide bonds. The minimum absolute atomic E-state index is 0.0773. The fraction of sp³-hybridized carbons (Fsp3) is 0.412. The molecule has 0 fully saturated rings. The summed E-state index contributed by atoms with van der Waals surface area (Å²) in [4.78, 5) is 12.6. The molecule has 0 spiro atoms. The average Bonchev–Trinajstić information content (AvgIpc) is 3.11. The molecule has 5 nitrogen and oxygen atoms in total. The van der Waals surface area contributed by atoms with Gasteiger partial charge in [-0.1, -0.05) is 24.3 Å². The number of H-pyrrole nitrogens is 1. The number of aliphatic hydroxyl groups is 1. The van der Waals surface area contributed by atoms with E-state index >= 15 is 0 Å². The Hall–Kier alpha value is -2.14. The second kappa shape index (κ2) is 4.95. The van der Waals surface area contributed by atoms with Gasteiger partial charge in [-0.15, -0.1) is 0 Å². The molecule has 0 radical (unpaired) electrons. The highest BCUT2D eigenvalue weighted by molar-refractivity contribution is 5.87. The standard InChI is InChI=1S/C17H19N3O2/c21-16(17(22)8-11-4-1-2-5-12(11)9-17)19-14-7-3-6-13-10-18-20-15(13)14/h1-2,4-5,10,14,22H,3,6-9H2,(H,18,20)(H,19,21)/t14-/m0/s1. The lowest BCUT2D eigenvalue weighted by Crippen LogP contribution is -2.49. The summed E-state index contributed by atoms with van der Waals surface area (Å²) in [5, 5.41) is 20.8. The molecule has 3 N–H and O–H groups in total. The highest BCUT2D eigenvalue weighted by Gasteiger charge is 2.43. The molecule has 2 aliphatic rings. The van der Waals surface area contributed by atoms with Crippen LogP contribution in [0.5, 0.6) is 0 Å². The zero-order valence-corrected chi connectivity index (χ0v) is 12.3. The van der Waals surface area contributed by atoms with Crippen LogP contribution in [0.2, 0.25) is 0 Å². The van der Waals surface area contributed by atoms with Gasteiger partial charge in [0, 0.05) is 12.8 Å². The van der Waals surface area contributed by atoms with Gasteiger partial charge in [-0.3, -0.25) is 9.89 Å². The predicted octanol–water partition coefficient (Wildman–Crippen LogP) is 1.43. The third-order valence-electron chi connectivity index (χ3n) is 4.85. The zero-order chi connectivity index (χ0) is 15.2. The zero-order valence-electron chi connectivity index (χ0n) is 12.3. The summed E-state index contributed by atoms with van der Waals surface area (Å²) in [7, 11) is 0. The number of hydrogen-bond donors (Lipinski definition) is 3. The summed E-state index contributed by atoms with van der Waals surface area (Å²) >= 11 is 0. The Bertz CT molecular complexity index is 697. The van der Waals surface area contributed by atoms with Crippen LogP contribution in [0.3, 0.4) is 0 Å². The molecule has 1 aromatic heterocycles. The van der Waals surface area contributed by atoms with Gasteiger partial charge in [-0.05, 0) is 36.0 Å². The van der Waals surface area contributed by atoms with Gasteiger partial charge < -0.3 is 10.4 Å². The summed E-state index contributed by atoms with van der Waals surface area (Å²) in [6, 6.07) is 7.77. The molecule has 114 valence electrons. The minimum atomic E-state index is -1.33. The van der Waals surface area contributed by atoms with Crippen molar-refractivity contribution in [3.05, 3.63) is 52.8 Å². The number of fused-ring (bicyclic) bond motifs is 2. The topological polar surface area (TPSA) is 78.0 Å². The van der Waals surface area contributed by atoms with Gasteiger partial charge in [-0.25, -0.2) is 0 Å². The van der Waals surface area contributed by atoms with Crippen molar-refractivity contribution >= 4 is 5.91 Å². The Labute approximate surface area is 128 Å². The van der Waals surface area contributed by atoms with Crippen LogP contribution in [-0.2, 0) is 24.1 Å². The number of hydrogen-bond acceptors (Lipinski definition) is 3. The minimum Gasteiger partial charge on any atom is -0.379 e. The molecule has 1 atom stereocenters. The second-order valence-corrected chi connectivity index (χ2v) is 6.38. The van der Waals surface area contributed by atoms with Gasteiger partial charge in [0.05, 0.1) is 17.9 Å². The Morgan fingerprint density at radius 2 is 2.00 bits per heavy atom. The number of nitrogens with one attached hydrogen (secondary N) is 2. The number of rotatable bonds is 2. The number of aromatic nitrogens is 2. The molecule has 22 heavy (non-hydrogen) atoms. The quantitative estimate of drug-likeness (QED) is 0.785. The van der Waals surface area contributed by atoms with E-state index in [1.165, 1.54) is 5.56 Å². The average molecular weight is 297 g/mol. The van der Waals surface area contributed by atoms with E-state index in [1.54, 1.807) is 0 Å². The SMILES string of the molecule is O=C(N[C@H]1CCCc2cn[nH]c21)C1(O)Cc2ccccc2C1. The maximum Gasteiger partial charge on any atom is 0.253 e. The summed E-state index contributed by atoms with van der Waals surface area (Å²) in [5.74, 6) is -0.281. The number of carbonyl (C=O) groups is 1. The van der Waals surface area contributed by atoms with Gasteiger partial charge >= 0.3 is 0 Å². The van der Waals surface area contributed by atoms with E-state index in [2.05, 4.69) is 15.5 Å². The van der Waals surface area contributed by atoms with E-state index in [0.717, 1.165) is 36.1 Å². The fourth-order valence-corrected chi connectivity index (χ4v) is 3.66. The molecule has 1 heterocycles. The number of nitrogens with zero attached hydrogens (tertiary/aromatic N) is 1. The van der Waals surface area contributed by atoms with Crippen molar-refractivity contribution in [2.45, 2.75) is 43.7 Å². The maximum atomic E-state index is 12.6. The van der Waals surface area contributed by atoms with E-state index in [4.69, 9.17) is 0 Å². The van der Waals surface area contributed by atoms with Gasteiger partial charge in [0.1, 0.15) is 0 Å². The van der Waals surface area contributed by atoms with Crippen molar-refractivity contribution in [2.24, 2.45) is 0 Å². The Balaban J connectivity index is 1.52. The van der Waals surface area contributed by atoms with Gasteiger partial charge in [0.2, 0.25) is 0 Å². The molecule has 0 bridgehead atoms. The van der Waals surface area contributed by atoms with Crippen molar-refractivity contribution < 1.29 is 9.90 Å². The molecule has 1 aromatic carbocycles. The number of amides is 1. The molecule has 0 saturated heterocycles. The summed E-state index contributed by atoms with van der Waals surface area (Å²) in [6.45, 7) is 0. The van der Waals surface area contributed by atoms with Gasteiger partial charge in [0.15, 0.2) is 5.60 Å². The van der Waals surface area contributed by atoms with Gasteiger partial charge in [0.25, 0.3) is 5.91 Å². The van der Waals surface area contributed by atoms with Crippen molar-refractivity contribution in [2.75, 3.05) is 0 Å². The van der Waals surface area contributed by atoms with Gasteiger partial charge in [-0.2, -0.15) is 5.10 Å². The monoisotopic (exact) mass is 297 g/mol. The molecule has 2 aliphatic carbocycles. The lowest BCUT2D eigenvalue weighted by Gasteiger charge is -2.28. The van der Waals surface area contributed by atoms with Crippen LogP contribution in [0.4, 0.5) is 0 Å². The first kappa shape index (κ1) is 13.5. The van der Waals surface area contributed by atoms with Crippen molar-refractivity contribution in [3.8, 4) is 0 Å². The van der Waals surface area contributed by atoms with Crippen LogP contribution < -0.4 is 5.32 Å². The molecular weight excluding hydrogens is 278 g/mol. The lowest BCUT2D eigenvalue weighted by atomic mass is 9.92. The number of aromatic amines is 1. The fourth-order valence-electron chi connectivity index (χ4n) is 3.66. The smallest absolute Gasteiger partial charge is 0.253 e. The first-order valence-electron chi connectivity index (χ1n) is 7.78. The third kappa shape index (κ3) is 2.13. The molecule has 0 aliphatic heterocycles. The Morgan fingerprint density at radius 3 is 2.73 bits per heavy atom. The molecular formula is C17H19N3O2. The summed E-state index contributed by atoms with van der Waals surface area (Å²) in [5.41, 5.74) is 2.94. The maximum absolute atomic E-state index is 12.6. The number of aryl methyl sites for hydroxylation is 1. The van der Waals surface area contributed by atoms with Crippen molar-refractivity contribution in [1.29, 1.82) is 0 Å². The molecule has 0 unspecified atom stereocenters.